The number of carbonyl (C=O) groups is 2. The maximum atomic E-state index is 12.9. The summed E-state index contributed by atoms with van der Waals surface area (Å²) in [5, 5.41) is 14.8. The second-order valence-electron chi connectivity index (χ2n) is 7.52. The van der Waals surface area contributed by atoms with Crippen LogP contribution in [0.1, 0.15) is 28.9 Å². The zero-order valence-electron chi connectivity index (χ0n) is 16.3. The van der Waals surface area contributed by atoms with Crippen LogP contribution in [-0.2, 0) is 11.2 Å². The zero-order chi connectivity index (χ0) is 21.1. The molecule has 1 unspecified atom stereocenters. The monoisotopic (exact) mass is 426 g/mol. The lowest BCUT2D eigenvalue weighted by atomic mass is 10.00. The standard InChI is InChI=1S/C22H23ClN4O3/c23-19-12-15-11-17(25-18(15)13-24-19)21(29)26-16(10-14-6-2-1-3-7-14)20(28)22(30)27-8-4-5-9-27/h1-3,6-7,11-13,16,20,25,28H,4-5,8-10H2,(H,26,29)/t16?,20-/m1/s1. The van der Waals surface area contributed by atoms with E-state index in [1.807, 2.05) is 30.3 Å². The van der Waals surface area contributed by atoms with Gasteiger partial charge in [-0.15, -0.1) is 0 Å². The second kappa shape index (κ2) is 8.85. The maximum Gasteiger partial charge on any atom is 0.268 e. The van der Waals surface area contributed by atoms with Crippen molar-refractivity contribution < 1.29 is 14.7 Å². The highest BCUT2D eigenvalue weighted by molar-refractivity contribution is 6.30. The van der Waals surface area contributed by atoms with Crippen LogP contribution in [0.5, 0.6) is 0 Å². The van der Waals surface area contributed by atoms with Gasteiger partial charge in [0.05, 0.1) is 17.8 Å². The molecule has 4 rings (SSSR count). The van der Waals surface area contributed by atoms with Gasteiger partial charge in [-0.05, 0) is 37.0 Å². The van der Waals surface area contributed by atoms with Gasteiger partial charge in [0.2, 0.25) is 0 Å². The first-order valence-corrected chi connectivity index (χ1v) is 10.3. The number of carbonyl (C=O) groups excluding carboxylic acids is 2. The summed E-state index contributed by atoms with van der Waals surface area (Å²) in [6.07, 6.45) is 2.43. The Balaban J connectivity index is 1.55. The number of H-pyrrole nitrogens is 1. The van der Waals surface area contributed by atoms with E-state index in [0.717, 1.165) is 23.8 Å². The molecule has 1 saturated heterocycles. The Morgan fingerprint density at radius 1 is 1.20 bits per heavy atom. The average molecular weight is 427 g/mol. The molecule has 0 spiro atoms. The minimum absolute atomic E-state index is 0.313. The molecule has 0 aliphatic carbocycles. The molecular weight excluding hydrogens is 404 g/mol. The van der Waals surface area contributed by atoms with Crippen molar-refractivity contribution in [2.75, 3.05) is 13.1 Å². The number of nitrogens with zero attached hydrogens (tertiary/aromatic N) is 2. The summed E-state index contributed by atoms with van der Waals surface area (Å²) >= 11 is 5.92. The van der Waals surface area contributed by atoms with E-state index >= 15 is 0 Å². The van der Waals surface area contributed by atoms with Crippen LogP contribution >= 0.6 is 11.6 Å². The summed E-state index contributed by atoms with van der Waals surface area (Å²) in [5.74, 6) is -0.752. The second-order valence-corrected chi connectivity index (χ2v) is 7.91. The zero-order valence-corrected chi connectivity index (χ0v) is 17.1. The number of rotatable bonds is 6. The number of aliphatic hydroxyl groups is 1. The number of nitrogens with one attached hydrogen (secondary N) is 2. The molecule has 2 amide bonds. The number of pyridine rings is 1. The van der Waals surface area contributed by atoms with Crippen molar-refractivity contribution in [1.29, 1.82) is 0 Å². The maximum absolute atomic E-state index is 12.9. The van der Waals surface area contributed by atoms with Crippen molar-refractivity contribution in [3.8, 4) is 0 Å². The fraction of sp³-hybridized carbons (Fsp3) is 0.318. The molecule has 3 aromatic rings. The predicted molar refractivity (Wildman–Crippen MR) is 114 cm³/mol. The SMILES string of the molecule is O=C(NC(Cc1ccccc1)[C@@H](O)C(=O)N1CCCC1)c1cc2cc(Cl)ncc2[nH]1. The van der Waals surface area contributed by atoms with Crippen molar-refractivity contribution >= 4 is 34.3 Å². The number of likely N-dealkylation sites (tertiary alicyclic amines) is 1. The number of aromatic nitrogens is 2. The number of benzene rings is 1. The van der Waals surface area contributed by atoms with Gasteiger partial charge in [0.15, 0.2) is 6.10 Å². The number of aromatic amines is 1. The van der Waals surface area contributed by atoms with Gasteiger partial charge in [0.25, 0.3) is 11.8 Å². The highest BCUT2D eigenvalue weighted by Gasteiger charge is 2.32. The van der Waals surface area contributed by atoms with Crippen molar-refractivity contribution in [3.05, 3.63) is 65.1 Å². The highest BCUT2D eigenvalue weighted by atomic mass is 35.5. The molecule has 1 aliphatic heterocycles. The molecule has 0 bridgehead atoms. The van der Waals surface area contributed by atoms with Gasteiger partial charge in [-0.2, -0.15) is 0 Å². The van der Waals surface area contributed by atoms with Crippen LogP contribution in [0.3, 0.4) is 0 Å². The van der Waals surface area contributed by atoms with Gasteiger partial charge in [0.1, 0.15) is 10.8 Å². The molecule has 1 fully saturated rings. The van der Waals surface area contributed by atoms with E-state index in [1.165, 1.54) is 0 Å². The molecular formula is C22H23ClN4O3. The Hall–Kier alpha value is -2.90. The van der Waals surface area contributed by atoms with Gasteiger partial charge in [-0.1, -0.05) is 41.9 Å². The topological polar surface area (TPSA) is 98.3 Å². The quantitative estimate of drug-likeness (QED) is 0.527. The molecule has 8 heteroatoms. The average Bonchev–Trinajstić information content (AvgIpc) is 3.42. The van der Waals surface area contributed by atoms with E-state index in [9.17, 15) is 14.7 Å². The van der Waals surface area contributed by atoms with E-state index in [1.54, 1.807) is 23.2 Å². The van der Waals surface area contributed by atoms with Crippen LogP contribution in [0.2, 0.25) is 5.15 Å². The van der Waals surface area contributed by atoms with Crippen LogP contribution in [0, 0.1) is 0 Å². The third kappa shape index (κ3) is 4.47. The fourth-order valence-electron chi connectivity index (χ4n) is 3.78. The number of hydrogen-bond donors (Lipinski definition) is 3. The summed E-state index contributed by atoms with van der Waals surface area (Å²) in [6, 6.07) is 12.1. The Morgan fingerprint density at radius 3 is 2.67 bits per heavy atom. The third-order valence-electron chi connectivity index (χ3n) is 5.38. The first-order valence-electron chi connectivity index (χ1n) is 9.97. The third-order valence-corrected chi connectivity index (χ3v) is 5.59. The number of amides is 2. The first-order chi connectivity index (χ1) is 14.5. The molecule has 3 heterocycles. The molecule has 2 aromatic heterocycles. The minimum Gasteiger partial charge on any atom is -0.381 e. The Labute approximate surface area is 179 Å². The van der Waals surface area contributed by atoms with E-state index < -0.39 is 18.1 Å². The number of hydrogen-bond acceptors (Lipinski definition) is 4. The molecule has 3 N–H and O–H groups in total. The summed E-state index contributed by atoms with van der Waals surface area (Å²) in [5.41, 5.74) is 1.91. The molecule has 1 aliphatic rings. The molecule has 156 valence electrons. The molecule has 30 heavy (non-hydrogen) atoms. The fourth-order valence-corrected chi connectivity index (χ4v) is 3.95. The first kappa shape index (κ1) is 20.4. The molecule has 0 saturated carbocycles. The summed E-state index contributed by atoms with van der Waals surface area (Å²) in [6.45, 7) is 1.27. The number of fused-ring (bicyclic) bond motifs is 1. The van der Waals surface area contributed by atoms with Crippen LogP contribution < -0.4 is 5.32 Å². The van der Waals surface area contributed by atoms with E-state index in [4.69, 9.17) is 11.6 Å². The van der Waals surface area contributed by atoms with Crippen LogP contribution in [0.4, 0.5) is 0 Å². The van der Waals surface area contributed by atoms with Gasteiger partial charge < -0.3 is 20.3 Å². The van der Waals surface area contributed by atoms with Gasteiger partial charge in [-0.3, -0.25) is 9.59 Å². The lowest BCUT2D eigenvalue weighted by molar-refractivity contribution is -0.140. The van der Waals surface area contributed by atoms with E-state index in [-0.39, 0.29) is 5.91 Å². The predicted octanol–water partition coefficient (Wildman–Crippen LogP) is 2.54. The molecule has 7 nitrogen and oxygen atoms in total. The van der Waals surface area contributed by atoms with Crippen LogP contribution in [0.15, 0.2) is 48.7 Å². The van der Waals surface area contributed by atoms with Gasteiger partial charge >= 0.3 is 0 Å². The number of halogens is 1. The lowest BCUT2D eigenvalue weighted by Crippen LogP contribution is -2.52. The molecule has 2 atom stereocenters. The van der Waals surface area contributed by atoms with Gasteiger partial charge in [-0.25, -0.2) is 4.98 Å². The largest absolute Gasteiger partial charge is 0.381 e. The van der Waals surface area contributed by atoms with Crippen LogP contribution in [-0.4, -0.2) is 57.0 Å². The Kier molecular flexibility index (Phi) is 6.01. The number of aliphatic hydroxyl groups excluding tert-OH is 1. The Morgan fingerprint density at radius 2 is 1.93 bits per heavy atom. The molecule has 0 radical (unpaired) electrons. The summed E-state index contributed by atoms with van der Waals surface area (Å²) in [7, 11) is 0. The van der Waals surface area contributed by atoms with Crippen LogP contribution in [0.25, 0.3) is 10.9 Å². The van der Waals surface area contributed by atoms with Crippen molar-refractivity contribution in [2.45, 2.75) is 31.4 Å². The summed E-state index contributed by atoms with van der Waals surface area (Å²) < 4.78 is 0. The van der Waals surface area contributed by atoms with Crippen molar-refractivity contribution in [1.82, 2.24) is 20.2 Å². The van der Waals surface area contributed by atoms with Crippen molar-refractivity contribution in [2.24, 2.45) is 0 Å². The summed E-state index contributed by atoms with van der Waals surface area (Å²) in [4.78, 5) is 34.4. The van der Waals surface area contributed by atoms with E-state index in [0.29, 0.717) is 35.9 Å². The van der Waals surface area contributed by atoms with E-state index in [2.05, 4.69) is 15.3 Å². The Bertz CT molecular complexity index is 1050. The molecule has 1 aromatic carbocycles. The smallest absolute Gasteiger partial charge is 0.268 e. The lowest BCUT2D eigenvalue weighted by Gasteiger charge is -2.27. The van der Waals surface area contributed by atoms with Gasteiger partial charge in [0, 0.05) is 18.5 Å². The normalized spacial score (nSPS) is 15.9. The highest BCUT2D eigenvalue weighted by Crippen LogP contribution is 2.19. The van der Waals surface area contributed by atoms with Crippen molar-refractivity contribution in [3.63, 3.8) is 0 Å². The minimum atomic E-state index is -1.33.